The van der Waals surface area contributed by atoms with Crippen molar-refractivity contribution in [3.63, 3.8) is 0 Å². The van der Waals surface area contributed by atoms with Gasteiger partial charge in [-0.2, -0.15) is 0 Å². The zero-order chi connectivity index (χ0) is 21.8. The third-order valence-electron chi connectivity index (χ3n) is 5.45. The van der Waals surface area contributed by atoms with Crippen LogP contribution in [0, 0.1) is 11.6 Å². The van der Waals surface area contributed by atoms with Gasteiger partial charge in [0.2, 0.25) is 5.75 Å². The van der Waals surface area contributed by atoms with E-state index in [0.717, 1.165) is 18.9 Å². The van der Waals surface area contributed by atoms with Crippen molar-refractivity contribution in [3.05, 3.63) is 53.1 Å². The Labute approximate surface area is 174 Å². The van der Waals surface area contributed by atoms with Crippen LogP contribution in [0.1, 0.15) is 36.4 Å². The molecule has 0 radical (unpaired) electrons. The molecule has 1 saturated heterocycles. The van der Waals surface area contributed by atoms with Crippen molar-refractivity contribution >= 4 is 5.97 Å². The second-order valence-electron chi connectivity index (χ2n) is 7.08. The van der Waals surface area contributed by atoms with Crippen LogP contribution in [-0.2, 0) is 4.79 Å². The monoisotopic (exact) mass is 421 g/mol. The van der Waals surface area contributed by atoms with E-state index < -0.39 is 29.7 Å². The molecular weight excluding hydrogens is 396 g/mol. The van der Waals surface area contributed by atoms with Gasteiger partial charge in [-0.1, -0.05) is 12.5 Å². The minimum Gasteiger partial charge on any atom is -0.493 e. The molecule has 2 unspecified atom stereocenters. The summed E-state index contributed by atoms with van der Waals surface area (Å²) in [6, 6.07) is 5.03. The molecule has 3 rings (SSSR count). The number of methoxy groups -OCH3 is 3. The zero-order valence-corrected chi connectivity index (χ0v) is 17.2. The first-order valence-corrected chi connectivity index (χ1v) is 9.65. The summed E-state index contributed by atoms with van der Waals surface area (Å²) in [5.41, 5.74) is 0.670. The number of nitrogens with zero attached hydrogens (tertiary/aromatic N) is 1. The van der Waals surface area contributed by atoms with Crippen molar-refractivity contribution in [2.75, 3.05) is 27.9 Å². The summed E-state index contributed by atoms with van der Waals surface area (Å²) in [6.07, 6.45) is 1.96. The van der Waals surface area contributed by atoms with E-state index in [-0.39, 0.29) is 5.56 Å². The number of carboxylic acids is 1. The molecule has 0 saturated carbocycles. The van der Waals surface area contributed by atoms with Gasteiger partial charge in [0, 0.05) is 17.2 Å². The fourth-order valence-corrected chi connectivity index (χ4v) is 4.12. The molecule has 6 nitrogen and oxygen atoms in total. The van der Waals surface area contributed by atoms with Crippen LogP contribution >= 0.6 is 0 Å². The number of rotatable bonds is 7. The second-order valence-corrected chi connectivity index (χ2v) is 7.08. The molecule has 2 aromatic rings. The van der Waals surface area contributed by atoms with Gasteiger partial charge in [-0.15, -0.1) is 0 Å². The van der Waals surface area contributed by atoms with E-state index >= 15 is 0 Å². The van der Waals surface area contributed by atoms with Crippen LogP contribution in [0.3, 0.4) is 0 Å². The first kappa shape index (κ1) is 21.8. The second kappa shape index (κ2) is 9.30. The summed E-state index contributed by atoms with van der Waals surface area (Å²) in [4.78, 5) is 13.7. The van der Waals surface area contributed by atoms with Gasteiger partial charge in [0.1, 0.15) is 17.7 Å². The van der Waals surface area contributed by atoms with Crippen molar-refractivity contribution in [2.45, 2.75) is 31.3 Å². The maximum atomic E-state index is 14.9. The van der Waals surface area contributed by atoms with Crippen LogP contribution in [0.2, 0.25) is 0 Å². The number of carboxylic acid groups (broad SMARTS) is 1. The summed E-state index contributed by atoms with van der Waals surface area (Å²) < 4.78 is 44.9. The van der Waals surface area contributed by atoms with Crippen molar-refractivity contribution in [3.8, 4) is 17.2 Å². The quantitative estimate of drug-likeness (QED) is 0.728. The Morgan fingerprint density at radius 3 is 2.33 bits per heavy atom. The molecule has 0 spiro atoms. The third-order valence-corrected chi connectivity index (χ3v) is 5.45. The lowest BCUT2D eigenvalue weighted by atomic mass is 9.90. The maximum absolute atomic E-state index is 14.9. The molecule has 1 N–H and O–H groups in total. The van der Waals surface area contributed by atoms with Gasteiger partial charge in [-0.3, -0.25) is 9.69 Å². The normalized spacial score (nSPS) is 18.0. The van der Waals surface area contributed by atoms with Gasteiger partial charge in [0.05, 0.1) is 27.4 Å². The molecule has 1 heterocycles. The van der Waals surface area contributed by atoms with Gasteiger partial charge in [-0.25, -0.2) is 8.78 Å². The highest BCUT2D eigenvalue weighted by atomic mass is 19.1. The molecule has 0 bridgehead atoms. The van der Waals surface area contributed by atoms with Gasteiger partial charge in [0.15, 0.2) is 11.5 Å². The highest BCUT2D eigenvalue weighted by molar-refractivity contribution is 5.74. The number of carbonyl (C=O) groups is 1. The minimum atomic E-state index is -0.985. The van der Waals surface area contributed by atoms with Crippen LogP contribution in [0.25, 0.3) is 0 Å². The van der Waals surface area contributed by atoms with Crippen molar-refractivity contribution in [1.82, 2.24) is 4.90 Å². The molecule has 30 heavy (non-hydrogen) atoms. The average molecular weight is 421 g/mol. The fourth-order valence-electron chi connectivity index (χ4n) is 4.12. The summed E-state index contributed by atoms with van der Waals surface area (Å²) in [6.45, 7) is 0.440. The lowest BCUT2D eigenvalue weighted by Gasteiger charge is -2.40. The van der Waals surface area contributed by atoms with E-state index in [1.54, 1.807) is 17.0 Å². The smallest absolute Gasteiger partial charge is 0.320 e. The first-order valence-electron chi connectivity index (χ1n) is 9.65. The van der Waals surface area contributed by atoms with E-state index in [0.29, 0.717) is 35.8 Å². The molecular formula is C22H25F2NO5. The summed E-state index contributed by atoms with van der Waals surface area (Å²) >= 11 is 0. The number of hydrogen-bond donors (Lipinski definition) is 1. The summed E-state index contributed by atoms with van der Waals surface area (Å²) in [5, 5.41) is 9.80. The van der Waals surface area contributed by atoms with Gasteiger partial charge >= 0.3 is 5.97 Å². The number of halogens is 2. The molecule has 0 aliphatic carbocycles. The topological polar surface area (TPSA) is 68.2 Å². The summed E-state index contributed by atoms with van der Waals surface area (Å²) in [5.74, 6) is -1.41. The predicted molar refractivity (Wildman–Crippen MR) is 106 cm³/mol. The average Bonchev–Trinajstić information content (AvgIpc) is 2.74. The lowest BCUT2D eigenvalue weighted by Crippen LogP contribution is -2.47. The van der Waals surface area contributed by atoms with Gasteiger partial charge < -0.3 is 19.3 Å². The maximum Gasteiger partial charge on any atom is 0.320 e. The Balaban J connectivity index is 2.26. The number of aliphatic carboxylic acids is 1. The standard InChI is InChI=1S/C22H25F2NO5/c1-28-18-10-9-15(20(29-2)21(18)30-3)19(14-8-7-13(23)12-16(14)24)25-11-5-4-6-17(25)22(26)27/h7-10,12,17,19H,4-6,11H2,1-3H3,(H,26,27). The fraction of sp³-hybridized carbons (Fsp3) is 0.409. The van der Waals surface area contributed by atoms with Gasteiger partial charge in [0.25, 0.3) is 0 Å². The molecule has 1 aliphatic rings. The van der Waals surface area contributed by atoms with Crippen molar-refractivity contribution in [1.29, 1.82) is 0 Å². The highest BCUT2D eigenvalue weighted by Crippen LogP contribution is 2.46. The number of benzene rings is 2. The predicted octanol–water partition coefficient (Wildman–Crippen LogP) is 4.02. The van der Waals surface area contributed by atoms with Crippen LogP contribution in [-0.4, -0.2) is 49.9 Å². The Kier molecular flexibility index (Phi) is 6.77. The molecule has 1 fully saturated rings. The lowest BCUT2D eigenvalue weighted by molar-refractivity contribution is -0.145. The largest absolute Gasteiger partial charge is 0.493 e. The molecule has 1 aliphatic heterocycles. The Morgan fingerprint density at radius 2 is 1.73 bits per heavy atom. The minimum absolute atomic E-state index is 0.162. The zero-order valence-electron chi connectivity index (χ0n) is 17.2. The molecule has 8 heteroatoms. The molecule has 2 atom stereocenters. The number of ether oxygens (including phenoxy) is 3. The summed E-state index contributed by atoms with van der Waals surface area (Å²) in [7, 11) is 4.39. The van der Waals surface area contributed by atoms with Crippen LogP contribution in [0.15, 0.2) is 30.3 Å². The third kappa shape index (κ3) is 4.05. The number of piperidine rings is 1. The van der Waals surface area contributed by atoms with Crippen molar-refractivity contribution < 1.29 is 32.9 Å². The Hall–Kier alpha value is -2.87. The first-order chi connectivity index (χ1) is 14.4. The van der Waals surface area contributed by atoms with Crippen LogP contribution in [0.5, 0.6) is 17.2 Å². The molecule has 0 amide bonds. The molecule has 0 aromatic heterocycles. The van der Waals surface area contributed by atoms with Crippen molar-refractivity contribution in [2.24, 2.45) is 0 Å². The van der Waals surface area contributed by atoms with E-state index in [1.807, 2.05) is 0 Å². The SMILES string of the molecule is COc1ccc(C(c2ccc(F)cc2F)N2CCCCC2C(=O)O)c(OC)c1OC. The Bertz CT molecular complexity index is 921. The van der Waals surface area contributed by atoms with Crippen LogP contribution < -0.4 is 14.2 Å². The number of hydrogen-bond acceptors (Lipinski definition) is 5. The van der Waals surface area contributed by atoms with E-state index in [2.05, 4.69) is 0 Å². The van der Waals surface area contributed by atoms with E-state index in [1.165, 1.54) is 33.5 Å². The highest BCUT2D eigenvalue weighted by Gasteiger charge is 2.38. The number of likely N-dealkylation sites (tertiary alicyclic amines) is 1. The van der Waals surface area contributed by atoms with Crippen LogP contribution in [0.4, 0.5) is 8.78 Å². The molecule has 2 aromatic carbocycles. The van der Waals surface area contributed by atoms with E-state index in [9.17, 15) is 18.7 Å². The Morgan fingerprint density at radius 1 is 1.03 bits per heavy atom. The molecule has 162 valence electrons. The van der Waals surface area contributed by atoms with E-state index in [4.69, 9.17) is 14.2 Å². The van der Waals surface area contributed by atoms with Gasteiger partial charge in [-0.05, 0) is 37.6 Å².